The first-order chi connectivity index (χ1) is 12.7. The Kier molecular flexibility index (Phi) is 5.11. The second-order valence-electron chi connectivity index (χ2n) is 7.05. The van der Waals surface area contributed by atoms with Crippen LogP contribution in [0.15, 0.2) is 70.8 Å². The van der Waals surface area contributed by atoms with E-state index in [-0.39, 0.29) is 18.0 Å². The molecule has 0 N–H and O–H groups in total. The van der Waals surface area contributed by atoms with Crippen molar-refractivity contribution < 1.29 is 9.53 Å². The van der Waals surface area contributed by atoms with Crippen LogP contribution in [0.2, 0.25) is 0 Å². The zero-order valence-electron chi connectivity index (χ0n) is 14.6. The number of halogens is 1. The van der Waals surface area contributed by atoms with E-state index in [4.69, 9.17) is 4.74 Å². The first kappa shape index (κ1) is 17.3. The third-order valence-corrected chi connectivity index (χ3v) is 6.00. The van der Waals surface area contributed by atoms with Gasteiger partial charge in [-0.25, -0.2) is 0 Å². The van der Waals surface area contributed by atoms with Crippen molar-refractivity contribution in [3.8, 4) is 0 Å². The van der Waals surface area contributed by atoms with Crippen LogP contribution in [0.3, 0.4) is 0 Å². The fraction of sp³-hybridized carbons (Fsp3) is 0.318. The van der Waals surface area contributed by atoms with E-state index < -0.39 is 0 Å². The predicted molar refractivity (Wildman–Crippen MR) is 105 cm³/mol. The molecule has 0 saturated carbocycles. The molecule has 2 atom stereocenters. The molecule has 2 aliphatic rings. The van der Waals surface area contributed by atoms with E-state index in [1.54, 1.807) is 0 Å². The number of hydrogen-bond donors (Lipinski definition) is 0. The van der Waals surface area contributed by atoms with Gasteiger partial charge in [-0.2, -0.15) is 0 Å². The van der Waals surface area contributed by atoms with Crippen molar-refractivity contribution in [2.75, 3.05) is 6.54 Å². The molecule has 0 radical (unpaired) electrons. The Bertz CT molecular complexity index is 818. The van der Waals surface area contributed by atoms with E-state index >= 15 is 0 Å². The summed E-state index contributed by atoms with van der Waals surface area (Å²) in [5.41, 5.74) is 3.91. The van der Waals surface area contributed by atoms with E-state index in [1.807, 2.05) is 12.1 Å². The lowest BCUT2D eigenvalue weighted by Crippen LogP contribution is -2.37. The van der Waals surface area contributed by atoms with Crippen LogP contribution in [0.5, 0.6) is 0 Å². The molecule has 2 aromatic rings. The second kappa shape index (κ2) is 7.67. The molecule has 4 rings (SSSR count). The van der Waals surface area contributed by atoms with Crippen molar-refractivity contribution in [3.63, 3.8) is 0 Å². The molecule has 2 heterocycles. The Morgan fingerprint density at radius 2 is 1.81 bits per heavy atom. The van der Waals surface area contributed by atoms with Crippen LogP contribution in [0.25, 0.3) is 0 Å². The molecule has 0 aromatic heterocycles. The number of carbonyl (C=O) groups excluding carboxylic acids is 1. The SMILES string of the molecule is O=C1C[C@@H]2C(CCc3ccccc3Br)=CN(Cc3ccccc3)C[C@@H]2O1. The smallest absolute Gasteiger partial charge is 0.306 e. The molecule has 0 unspecified atom stereocenters. The molecule has 0 amide bonds. The molecule has 3 nitrogen and oxygen atoms in total. The lowest BCUT2D eigenvalue weighted by Gasteiger charge is -2.34. The summed E-state index contributed by atoms with van der Waals surface area (Å²) in [7, 11) is 0. The summed E-state index contributed by atoms with van der Waals surface area (Å²) < 4.78 is 6.75. The summed E-state index contributed by atoms with van der Waals surface area (Å²) in [5.74, 6) is 0.172. The minimum atomic E-state index is -0.0617. The Balaban J connectivity index is 1.52. The Morgan fingerprint density at radius 1 is 1.04 bits per heavy atom. The van der Waals surface area contributed by atoms with Crippen molar-refractivity contribution >= 4 is 21.9 Å². The number of fused-ring (bicyclic) bond motifs is 1. The standard InChI is InChI=1S/C22H22BrNO2/c23-20-9-5-4-8-17(20)10-11-18-14-24(13-16-6-2-1-3-7-16)15-21-19(18)12-22(25)26-21/h1-9,14,19,21H,10-13,15H2/t19-,21+/m1/s1. The summed E-state index contributed by atoms with van der Waals surface area (Å²) in [6.45, 7) is 1.63. The fourth-order valence-corrected chi connectivity index (χ4v) is 4.40. The maximum Gasteiger partial charge on any atom is 0.306 e. The van der Waals surface area contributed by atoms with E-state index in [9.17, 15) is 4.79 Å². The number of rotatable bonds is 5. The average molecular weight is 412 g/mol. The Morgan fingerprint density at radius 3 is 2.62 bits per heavy atom. The molecule has 0 aliphatic carbocycles. The van der Waals surface area contributed by atoms with Crippen LogP contribution in [-0.2, 0) is 22.5 Å². The molecule has 0 spiro atoms. The maximum absolute atomic E-state index is 11.9. The van der Waals surface area contributed by atoms with Gasteiger partial charge in [0.25, 0.3) is 0 Å². The van der Waals surface area contributed by atoms with Gasteiger partial charge < -0.3 is 9.64 Å². The third kappa shape index (κ3) is 3.85. The van der Waals surface area contributed by atoms with Gasteiger partial charge >= 0.3 is 5.97 Å². The van der Waals surface area contributed by atoms with Gasteiger partial charge in [-0.05, 0) is 41.8 Å². The summed E-state index contributed by atoms with van der Waals surface area (Å²) in [5, 5.41) is 0. The fourth-order valence-electron chi connectivity index (χ4n) is 3.92. The highest BCUT2D eigenvalue weighted by atomic mass is 79.9. The summed E-state index contributed by atoms with van der Waals surface area (Å²) in [4.78, 5) is 14.2. The minimum Gasteiger partial charge on any atom is -0.460 e. The van der Waals surface area contributed by atoms with Crippen LogP contribution in [0.1, 0.15) is 24.0 Å². The van der Waals surface area contributed by atoms with Crippen molar-refractivity contribution in [3.05, 3.63) is 82.0 Å². The Labute approximate surface area is 162 Å². The second-order valence-corrected chi connectivity index (χ2v) is 7.90. The third-order valence-electron chi connectivity index (χ3n) is 5.23. The summed E-state index contributed by atoms with van der Waals surface area (Å²) in [6, 6.07) is 18.8. The van der Waals surface area contributed by atoms with Gasteiger partial charge in [-0.1, -0.05) is 64.5 Å². The predicted octanol–water partition coefficient (Wildman–Crippen LogP) is 4.71. The van der Waals surface area contributed by atoms with Gasteiger partial charge in [-0.15, -0.1) is 0 Å². The van der Waals surface area contributed by atoms with E-state index in [1.165, 1.54) is 16.7 Å². The molecule has 26 heavy (non-hydrogen) atoms. The maximum atomic E-state index is 11.9. The summed E-state index contributed by atoms with van der Waals surface area (Å²) >= 11 is 3.63. The van der Waals surface area contributed by atoms with Crippen molar-refractivity contribution in [2.24, 2.45) is 5.92 Å². The van der Waals surface area contributed by atoms with Crippen LogP contribution < -0.4 is 0 Å². The van der Waals surface area contributed by atoms with Gasteiger partial charge in [0.05, 0.1) is 13.0 Å². The number of nitrogens with zero attached hydrogens (tertiary/aromatic N) is 1. The molecular weight excluding hydrogens is 390 g/mol. The number of hydrogen-bond acceptors (Lipinski definition) is 3. The number of carbonyl (C=O) groups is 1. The van der Waals surface area contributed by atoms with Gasteiger partial charge in [0, 0.05) is 16.9 Å². The topological polar surface area (TPSA) is 29.5 Å². The molecule has 1 saturated heterocycles. The highest BCUT2D eigenvalue weighted by Crippen LogP contribution is 2.36. The molecule has 134 valence electrons. The van der Waals surface area contributed by atoms with Gasteiger partial charge in [0.1, 0.15) is 6.10 Å². The van der Waals surface area contributed by atoms with Crippen LogP contribution in [0.4, 0.5) is 0 Å². The van der Waals surface area contributed by atoms with E-state index in [0.717, 1.165) is 30.4 Å². The van der Waals surface area contributed by atoms with Crippen molar-refractivity contribution in [1.29, 1.82) is 0 Å². The van der Waals surface area contributed by atoms with Gasteiger partial charge in [-0.3, -0.25) is 4.79 Å². The van der Waals surface area contributed by atoms with E-state index in [2.05, 4.69) is 69.5 Å². The number of aryl methyl sites for hydroxylation is 1. The monoisotopic (exact) mass is 411 g/mol. The normalized spacial score (nSPS) is 22.0. The largest absolute Gasteiger partial charge is 0.460 e. The van der Waals surface area contributed by atoms with Crippen molar-refractivity contribution in [2.45, 2.75) is 31.9 Å². The van der Waals surface area contributed by atoms with Crippen LogP contribution >= 0.6 is 15.9 Å². The van der Waals surface area contributed by atoms with Crippen LogP contribution in [-0.4, -0.2) is 23.5 Å². The number of esters is 1. The first-order valence-corrected chi connectivity index (χ1v) is 9.90. The molecular formula is C22H22BrNO2. The quantitative estimate of drug-likeness (QED) is 0.666. The minimum absolute atomic E-state index is 0.00886. The lowest BCUT2D eigenvalue weighted by molar-refractivity contribution is -0.142. The zero-order chi connectivity index (χ0) is 17.9. The van der Waals surface area contributed by atoms with E-state index in [0.29, 0.717) is 6.42 Å². The van der Waals surface area contributed by atoms with Crippen LogP contribution in [0, 0.1) is 5.92 Å². The number of ether oxygens (including phenoxy) is 1. The molecule has 0 bridgehead atoms. The molecule has 1 fully saturated rings. The Hall–Kier alpha value is -2.07. The van der Waals surface area contributed by atoms with Crippen molar-refractivity contribution in [1.82, 2.24) is 4.90 Å². The van der Waals surface area contributed by atoms with Gasteiger partial charge in [0.15, 0.2) is 0 Å². The molecule has 2 aromatic carbocycles. The lowest BCUT2D eigenvalue weighted by atomic mass is 9.86. The molecule has 2 aliphatic heterocycles. The average Bonchev–Trinajstić information content (AvgIpc) is 3.02. The highest BCUT2D eigenvalue weighted by Gasteiger charge is 2.40. The zero-order valence-corrected chi connectivity index (χ0v) is 16.2. The first-order valence-electron chi connectivity index (χ1n) is 9.10. The summed E-state index contributed by atoms with van der Waals surface area (Å²) in [6.07, 6.45) is 4.69. The number of benzene rings is 2. The molecule has 4 heteroatoms. The van der Waals surface area contributed by atoms with Gasteiger partial charge in [0.2, 0.25) is 0 Å². The highest BCUT2D eigenvalue weighted by molar-refractivity contribution is 9.10.